The van der Waals surface area contributed by atoms with Gasteiger partial charge in [0.25, 0.3) is 5.91 Å². The highest BCUT2D eigenvalue weighted by molar-refractivity contribution is 6.30. The average molecular weight is 397 g/mol. The number of aryl methyl sites for hydroxylation is 1. The lowest BCUT2D eigenvalue weighted by Gasteiger charge is -2.16. The number of anilines is 2. The van der Waals surface area contributed by atoms with Gasteiger partial charge in [-0.15, -0.1) is 5.10 Å². The van der Waals surface area contributed by atoms with Crippen LogP contribution in [0.2, 0.25) is 5.02 Å². The third-order valence-electron chi connectivity index (χ3n) is 4.59. The molecule has 1 fully saturated rings. The van der Waals surface area contributed by atoms with E-state index in [1.54, 1.807) is 29.2 Å². The number of nitrogens with one attached hydrogen (secondary N) is 1. The van der Waals surface area contributed by atoms with E-state index in [-0.39, 0.29) is 30.2 Å². The molecule has 142 valence electrons. The van der Waals surface area contributed by atoms with Crippen molar-refractivity contribution in [1.82, 2.24) is 10.2 Å². The van der Waals surface area contributed by atoms with Crippen molar-refractivity contribution in [2.24, 2.45) is 0 Å². The molecule has 0 radical (unpaired) electrons. The van der Waals surface area contributed by atoms with Crippen molar-refractivity contribution in [2.75, 3.05) is 16.8 Å². The molecule has 4 rings (SSSR count). The molecule has 8 heteroatoms. The molecule has 0 bridgehead atoms. The Bertz CT molecular complexity index is 1010. The number of amides is 2. The van der Waals surface area contributed by atoms with Crippen LogP contribution in [0.15, 0.2) is 52.9 Å². The molecule has 7 nitrogen and oxygen atoms in total. The second-order valence-corrected chi connectivity index (χ2v) is 7.08. The molecule has 1 atom stereocenters. The molecule has 2 aromatic carbocycles. The van der Waals surface area contributed by atoms with Crippen LogP contribution in [0.4, 0.5) is 11.7 Å². The van der Waals surface area contributed by atoms with Crippen molar-refractivity contribution < 1.29 is 14.0 Å². The standard InChI is InChI=1S/C20H17ClN4O3/c1-12-2-8-16(9-3-12)25-11-14(10-17(25)26)19-23-24-20(28-19)22-18(27)13-4-6-15(21)7-5-13/h2-9,14H,10-11H2,1H3,(H,22,24,27). The van der Waals surface area contributed by atoms with Gasteiger partial charge in [-0.2, -0.15) is 0 Å². The van der Waals surface area contributed by atoms with Crippen LogP contribution in [-0.2, 0) is 4.79 Å². The van der Waals surface area contributed by atoms with Gasteiger partial charge in [0.2, 0.25) is 11.8 Å². The highest BCUT2D eigenvalue weighted by Gasteiger charge is 2.35. The fourth-order valence-corrected chi connectivity index (χ4v) is 3.19. The first kappa shape index (κ1) is 18.2. The number of nitrogens with zero attached hydrogens (tertiary/aromatic N) is 3. The van der Waals surface area contributed by atoms with Gasteiger partial charge in [0.1, 0.15) is 0 Å². The fraction of sp³-hybridized carbons (Fsp3) is 0.200. The van der Waals surface area contributed by atoms with E-state index in [9.17, 15) is 9.59 Å². The van der Waals surface area contributed by atoms with Crippen LogP contribution in [0.1, 0.15) is 34.2 Å². The van der Waals surface area contributed by atoms with Crippen LogP contribution in [0.3, 0.4) is 0 Å². The molecule has 1 saturated heterocycles. The minimum Gasteiger partial charge on any atom is -0.407 e. The summed E-state index contributed by atoms with van der Waals surface area (Å²) in [6, 6.07) is 14.2. The molecular weight excluding hydrogens is 380 g/mol. The highest BCUT2D eigenvalue weighted by atomic mass is 35.5. The lowest BCUT2D eigenvalue weighted by molar-refractivity contribution is -0.117. The Balaban J connectivity index is 1.44. The summed E-state index contributed by atoms with van der Waals surface area (Å²) in [5.74, 6) is -0.272. The maximum atomic E-state index is 12.4. The summed E-state index contributed by atoms with van der Waals surface area (Å²) in [4.78, 5) is 26.3. The molecule has 0 spiro atoms. The van der Waals surface area contributed by atoms with Crippen molar-refractivity contribution in [3.63, 3.8) is 0 Å². The van der Waals surface area contributed by atoms with Gasteiger partial charge in [0.15, 0.2) is 0 Å². The van der Waals surface area contributed by atoms with Gasteiger partial charge >= 0.3 is 6.01 Å². The molecular formula is C20H17ClN4O3. The van der Waals surface area contributed by atoms with E-state index >= 15 is 0 Å². The van der Waals surface area contributed by atoms with Crippen LogP contribution in [0, 0.1) is 6.92 Å². The largest absolute Gasteiger partial charge is 0.407 e. The van der Waals surface area contributed by atoms with Crippen molar-refractivity contribution in [3.8, 4) is 0 Å². The Morgan fingerprint density at radius 1 is 1.14 bits per heavy atom. The lowest BCUT2D eigenvalue weighted by atomic mass is 10.1. The minimum absolute atomic E-state index is 0.00111. The highest BCUT2D eigenvalue weighted by Crippen LogP contribution is 2.31. The van der Waals surface area contributed by atoms with Crippen LogP contribution in [-0.4, -0.2) is 28.6 Å². The second-order valence-electron chi connectivity index (χ2n) is 6.65. The molecule has 1 aliphatic heterocycles. The van der Waals surface area contributed by atoms with Crippen LogP contribution in [0.25, 0.3) is 0 Å². The number of hydrogen-bond donors (Lipinski definition) is 1. The number of halogens is 1. The zero-order valence-corrected chi connectivity index (χ0v) is 15.8. The van der Waals surface area contributed by atoms with Gasteiger partial charge in [0.05, 0.1) is 5.92 Å². The molecule has 1 aromatic heterocycles. The molecule has 0 saturated carbocycles. The van der Waals surface area contributed by atoms with Crippen molar-refractivity contribution in [1.29, 1.82) is 0 Å². The zero-order chi connectivity index (χ0) is 19.7. The molecule has 1 N–H and O–H groups in total. The summed E-state index contributed by atoms with van der Waals surface area (Å²) in [6.45, 7) is 2.45. The molecule has 1 aliphatic rings. The van der Waals surface area contributed by atoms with E-state index in [1.165, 1.54) is 0 Å². The van der Waals surface area contributed by atoms with Crippen LogP contribution in [0.5, 0.6) is 0 Å². The summed E-state index contributed by atoms with van der Waals surface area (Å²) in [6.07, 6.45) is 0.278. The molecule has 2 heterocycles. The monoisotopic (exact) mass is 396 g/mol. The van der Waals surface area contributed by atoms with Crippen LogP contribution >= 0.6 is 11.6 Å². The summed E-state index contributed by atoms with van der Waals surface area (Å²) in [5, 5.41) is 11.0. The normalized spacial score (nSPS) is 16.4. The van der Waals surface area contributed by atoms with Crippen LogP contribution < -0.4 is 10.2 Å². The fourth-order valence-electron chi connectivity index (χ4n) is 3.07. The average Bonchev–Trinajstić information content (AvgIpc) is 3.29. The van der Waals surface area contributed by atoms with Gasteiger partial charge < -0.3 is 9.32 Å². The van der Waals surface area contributed by atoms with Gasteiger partial charge in [-0.3, -0.25) is 14.9 Å². The first-order valence-electron chi connectivity index (χ1n) is 8.77. The summed E-state index contributed by atoms with van der Waals surface area (Å²) in [7, 11) is 0. The number of carbonyl (C=O) groups is 2. The summed E-state index contributed by atoms with van der Waals surface area (Å²) in [5.41, 5.74) is 2.39. The molecule has 3 aromatic rings. The van der Waals surface area contributed by atoms with E-state index in [2.05, 4.69) is 15.5 Å². The Morgan fingerprint density at radius 2 is 1.86 bits per heavy atom. The Labute approximate surface area is 166 Å². The van der Waals surface area contributed by atoms with E-state index in [0.29, 0.717) is 23.0 Å². The Kier molecular flexibility index (Phi) is 4.83. The van der Waals surface area contributed by atoms with Crippen molar-refractivity contribution >= 4 is 35.1 Å². The molecule has 0 aliphatic carbocycles. The Hall–Kier alpha value is -3.19. The quantitative estimate of drug-likeness (QED) is 0.724. The maximum Gasteiger partial charge on any atom is 0.322 e. The first-order valence-corrected chi connectivity index (χ1v) is 9.15. The lowest BCUT2D eigenvalue weighted by Crippen LogP contribution is -2.24. The summed E-state index contributed by atoms with van der Waals surface area (Å²) < 4.78 is 5.58. The maximum absolute atomic E-state index is 12.4. The smallest absolute Gasteiger partial charge is 0.322 e. The topological polar surface area (TPSA) is 88.3 Å². The third-order valence-corrected chi connectivity index (χ3v) is 4.84. The summed E-state index contributed by atoms with van der Waals surface area (Å²) >= 11 is 5.82. The molecule has 28 heavy (non-hydrogen) atoms. The van der Waals surface area contributed by atoms with Crippen molar-refractivity contribution in [3.05, 3.63) is 70.6 Å². The molecule has 1 unspecified atom stereocenters. The van der Waals surface area contributed by atoms with E-state index in [4.69, 9.17) is 16.0 Å². The second kappa shape index (κ2) is 7.44. The number of carbonyl (C=O) groups excluding carboxylic acids is 2. The number of rotatable bonds is 4. The SMILES string of the molecule is Cc1ccc(N2CC(c3nnc(NC(=O)c4ccc(Cl)cc4)o3)CC2=O)cc1. The number of benzene rings is 2. The third kappa shape index (κ3) is 3.75. The minimum atomic E-state index is -0.379. The van der Waals surface area contributed by atoms with Gasteiger partial charge in [-0.25, -0.2) is 0 Å². The Morgan fingerprint density at radius 3 is 2.57 bits per heavy atom. The number of hydrogen-bond acceptors (Lipinski definition) is 5. The predicted molar refractivity (Wildman–Crippen MR) is 105 cm³/mol. The number of aromatic nitrogens is 2. The zero-order valence-electron chi connectivity index (χ0n) is 15.1. The van der Waals surface area contributed by atoms with E-state index in [1.807, 2.05) is 31.2 Å². The van der Waals surface area contributed by atoms with Gasteiger partial charge in [-0.05, 0) is 43.3 Å². The van der Waals surface area contributed by atoms with E-state index in [0.717, 1.165) is 11.3 Å². The molecule has 2 amide bonds. The van der Waals surface area contributed by atoms with Crippen molar-refractivity contribution in [2.45, 2.75) is 19.3 Å². The first-order chi connectivity index (χ1) is 13.5. The predicted octanol–water partition coefficient (Wildman–Crippen LogP) is 3.80. The van der Waals surface area contributed by atoms with E-state index < -0.39 is 0 Å². The van der Waals surface area contributed by atoms with Gasteiger partial charge in [0, 0.05) is 29.2 Å². The van der Waals surface area contributed by atoms with Gasteiger partial charge in [-0.1, -0.05) is 34.4 Å².